The van der Waals surface area contributed by atoms with Crippen LogP contribution in [0.15, 0.2) is 0 Å². The predicted octanol–water partition coefficient (Wildman–Crippen LogP) is 1.16. The van der Waals surface area contributed by atoms with Crippen LogP contribution in [-0.2, 0) is 0 Å². The third-order valence-electron chi connectivity index (χ3n) is 2.41. The van der Waals surface area contributed by atoms with Crippen LogP contribution < -0.4 is 0 Å². The van der Waals surface area contributed by atoms with E-state index in [0.29, 0.717) is 6.04 Å². The molecule has 4 heteroatoms. The van der Waals surface area contributed by atoms with Crippen LogP contribution in [0, 0.1) is 0 Å². The van der Waals surface area contributed by atoms with Crippen molar-refractivity contribution in [3.63, 3.8) is 0 Å². The van der Waals surface area contributed by atoms with E-state index in [4.69, 9.17) is 0 Å². The number of hydrogen-bond acceptors (Lipinski definition) is 4. The van der Waals surface area contributed by atoms with Crippen LogP contribution in [0.4, 0.5) is 0 Å². The fourth-order valence-corrected chi connectivity index (χ4v) is 1.95. The maximum Gasteiger partial charge on any atom is 0.0970 e. The van der Waals surface area contributed by atoms with E-state index in [9.17, 15) is 0 Å². The molecule has 0 aromatic heterocycles. The normalized spacial score (nSPS) is 22.5. The van der Waals surface area contributed by atoms with Crippen LogP contribution in [0.2, 0.25) is 0 Å². The topological polar surface area (TPSA) is 6.48 Å². The first-order valence-corrected chi connectivity index (χ1v) is 5.49. The Bertz CT molecular complexity index is 115. The Morgan fingerprint density at radius 1 is 0.917 bits per heavy atom. The zero-order chi connectivity index (χ0) is 9.14. The Morgan fingerprint density at radius 3 is 1.67 bits per heavy atom. The average molecular weight is 206 g/mol. The highest BCUT2D eigenvalue weighted by atomic mass is 32.2. The van der Waals surface area contributed by atoms with Gasteiger partial charge in [0.15, 0.2) is 0 Å². The van der Waals surface area contributed by atoms with E-state index >= 15 is 0 Å². The first kappa shape index (κ1) is 10.7. The van der Waals surface area contributed by atoms with E-state index in [1.54, 1.807) is 0 Å². The lowest BCUT2D eigenvalue weighted by molar-refractivity contribution is 0.117. The van der Waals surface area contributed by atoms with Crippen LogP contribution >= 0.6 is 25.3 Å². The number of piperazine rings is 1. The molecule has 1 aliphatic heterocycles. The van der Waals surface area contributed by atoms with E-state index in [2.05, 4.69) is 48.9 Å². The van der Waals surface area contributed by atoms with Crippen molar-refractivity contribution in [2.75, 3.05) is 26.2 Å². The summed E-state index contributed by atoms with van der Waals surface area (Å²) in [6, 6.07) is 0.672. The third kappa shape index (κ3) is 2.83. The molecule has 1 aliphatic rings. The van der Waals surface area contributed by atoms with Gasteiger partial charge in [-0.15, -0.1) is 25.3 Å². The van der Waals surface area contributed by atoms with Gasteiger partial charge in [-0.25, -0.2) is 0 Å². The van der Waals surface area contributed by atoms with Crippen LogP contribution in [0.5, 0.6) is 0 Å². The van der Waals surface area contributed by atoms with Gasteiger partial charge in [0.2, 0.25) is 0 Å². The second-order valence-electron chi connectivity index (χ2n) is 3.51. The van der Waals surface area contributed by atoms with E-state index in [1.165, 1.54) is 0 Å². The standard InChI is InChI=1S/C8H18N2S2/c1-7(2)9-3-5-10(6-4-9)8(11)12/h7-8,11-12H,3-6H2,1-2H3. The predicted molar refractivity (Wildman–Crippen MR) is 60.0 cm³/mol. The van der Waals surface area contributed by atoms with Gasteiger partial charge in [0.05, 0.1) is 4.71 Å². The molecular formula is C8H18N2S2. The number of rotatable bonds is 2. The average Bonchev–Trinajstić information content (AvgIpc) is 2.04. The molecule has 1 saturated heterocycles. The molecule has 0 amide bonds. The van der Waals surface area contributed by atoms with Crippen molar-refractivity contribution in [1.82, 2.24) is 9.80 Å². The lowest BCUT2D eigenvalue weighted by Crippen LogP contribution is -2.49. The second-order valence-corrected chi connectivity index (χ2v) is 4.90. The van der Waals surface area contributed by atoms with Crippen molar-refractivity contribution in [3.05, 3.63) is 0 Å². The summed E-state index contributed by atoms with van der Waals surface area (Å²) < 4.78 is 0.110. The highest BCUT2D eigenvalue weighted by molar-refractivity contribution is 7.99. The summed E-state index contributed by atoms with van der Waals surface area (Å²) in [6.45, 7) is 8.97. The molecule has 2 nitrogen and oxygen atoms in total. The van der Waals surface area contributed by atoms with Crippen molar-refractivity contribution in [3.8, 4) is 0 Å². The van der Waals surface area contributed by atoms with E-state index < -0.39 is 0 Å². The maximum absolute atomic E-state index is 4.29. The Morgan fingerprint density at radius 2 is 1.33 bits per heavy atom. The Balaban J connectivity index is 2.30. The lowest BCUT2D eigenvalue weighted by Gasteiger charge is -2.38. The molecule has 0 aromatic carbocycles. The minimum Gasteiger partial charge on any atom is -0.298 e. The summed E-state index contributed by atoms with van der Waals surface area (Å²) >= 11 is 8.59. The first-order valence-electron chi connectivity index (χ1n) is 4.45. The van der Waals surface area contributed by atoms with Crippen LogP contribution in [-0.4, -0.2) is 46.7 Å². The molecule has 0 aromatic rings. The summed E-state index contributed by atoms with van der Waals surface area (Å²) in [4.78, 5) is 4.77. The molecular weight excluding hydrogens is 188 g/mol. The molecule has 0 unspecified atom stereocenters. The highest BCUT2D eigenvalue weighted by Gasteiger charge is 2.20. The molecule has 1 heterocycles. The number of nitrogens with zero attached hydrogens (tertiary/aromatic N) is 2. The fourth-order valence-electron chi connectivity index (χ4n) is 1.48. The van der Waals surface area contributed by atoms with Crippen molar-refractivity contribution in [2.45, 2.75) is 24.6 Å². The highest BCUT2D eigenvalue weighted by Crippen LogP contribution is 2.13. The van der Waals surface area contributed by atoms with E-state index in [1.807, 2.05) is 0 Å². The van der Waals surface area contributed by atoms with Crippen molar-refractivity contribution in [2.24, 2.45) is 0 Å². The molecule has 0 spiro atoms. The van der Waals surface area contributed by atoms with Gasteiger partial charge in [-0.3, -0.25) is 9.80 Å². The fraction of sp³-hybridized carbons (Fsp3) is 1.00. The van der Waals surface area contributed by atoms with E-state index in [0.717, 1.165) is 26.2 Å². The smallest absolute Gasteiger partial charge is 0.0970 e. The number of hydrogen-bond donors (Lipinski definition) is 2. The molecule has 0 aliphatic carbocycles. The van der Waals surface area contributed by atoms with Gasteiger partial charge < -0.3 is 0 Å². The summed E-state index contributed by atoms with van der Waals surface area (Å²) in [6.07, 6.45) is 0. The van der Waals surface area contributed by atoms with Crippen molar-refractivity contribution in [1.29, 1.82) is 0 Å². The van der Waals surface area contributed by atoms with Crippen molar-refractivity contribution >= 4 is 25.3 Å². The SMILES string of the molecule is CC(C)N1CCN(C(S)S)CC1. The summed E-state index contributed by atoms with van der Waals surface area (Å²) in [5, 5.41) is 0. The zero-order valence-electron chi connectivity index (χ0n) is 7.77. The zero-order valence-corrected chi connectivity index (χ0v) is 9.56. The van der Waals surface area contributed by atoms with Crippen molar-refractivity contribution < 1.29 is 0 Å². The van der Waals surface area contributed by atoms with Gasteiger partial charge >= 0.3 is 0 Å². The first-order chi connectivity index (χ1) is 5.61. The molecule has 0 atom stereocenters. The molecule has 0 radical (unpaired) electrons. The Labute approximate surface area is 86.1 Å². The third-order valence-corrected chi connectivity index (χ3v) is 3.06. The monoisotopic (exact) mass is 206 g/mol. The molecule has 1 fully saturated rings. The Kier molecular flexibility index (Phi) is 4.23. The molecule has 72 valence electrons. The second kappa shape index (κ2) is 4.74. The minimum atomic E-state index is 0.110. The van der Waals surface area contributed by atoms with Gasteiger partial charge in [0.1, 0.15) is 0 Å². The van der Waals surface area contributed by atoms with Crippen LogP contribution in [0.3, 0.4) is 0 Å². The Hall–Kier alpha value is 0.620. The molecule has 12 heavy (non-hydrogen) atoms. The summed E-state index contributed by atoms with van der Waals surface area (Å²) in [7, 11) is 0. The summed E-state index contributed by atoms with van der Waals surface area (Å²) in [5.74, 6) is 0. The number of thiol groups is 2. The van der Waals surface area contributed by atoms with Gasteiger partial charge in [0, 0.05) is 32.2 Å². The summed E-state index contributed by atoms with van der Waals surface area (Å²) in [5.41, 5.74) is 0. The quantitative estimate of drug-likeness (QED) is 0.517. The van der Waals surface area contributed by atoms with E-state index in [-0.39, 0.29) is 4.71 Å². The lowest BCUT2D eigenvalue weighted by atomic mass is 10.2. The van der Waals surface area contributed by atoms with Crippen LogP contribution in [0.25, 0.3) is 0 Å². The van der Waals surface area contributed by atoms with Gasteiger partial charge in [-0.05, 0) is 13.8 Å². The van der Waals surface area contributed by atoms with Gasteiger partial charge in [-0.1, -0.05) is 0 Å². The largest absolute Gasteiger partial charge is 0.298 e. The van der Waals surface area contributed by atoms with Gasteiger partial charge in [-0.2, -0.15) is 0 Å². The molecule has 0 saturated carbocycles. The molecule has 0 bridgehead atoms. The molecule has 1 rings (SSSR count). The van der Waals surface area contributed by atoms with Crippen LogP contribution in [0.1, 0.15) is 13.8 Å². The maximum atomic E-state index is 4.29. The molecule has 0 N–H and O–H groups in total. The minimum absolute atomic E-state index is 0.110. The van der Waals surface area contributed by atoms with Gasteiger partial charge in [0.25, 0.3) is 0 Å².